The van der Waals surface area contributed by atoms with Crippen LogP contribution in [0.1, 0.15) is 44.2 Å². The van der Waals surface area contributed by atoms with Gasteiger partial charge in [0.1, 0.15) is 17.8 Å². The Morgan fingerprint density at radius 1 is 1.30 bits per heavy atom. The van der Waals surface area contributed by atoms with E-state index in [-0.39, 0.29) is 12.5 Å². The Morgan fingerprint density at radius 3 is 2.56 bits per heavy atom. The Balaban J connectivity index is 2.26. The van der Waals surface area contributed by atoms with Crippen molar-refractivity contribution in [2.45, 2.75) is 45.6 Å². The molecule has 148 valence electrons. The molecule has 2 rings (SSSR count). The molecule has 1 aliphatic heterocycles. The van der Waals surface area contributed by atoms with Gasteiger partial charge in [-0.1, -0.05) is 26.3 Å². The molecule has 1 heterocycles. The molecule has 1 saturated heterocycles. The van der Waals surface area contributed by atoms with Gasteiger partial charge in [0.15, 0.2) is 0 Å². The Bertz CT molecular complexity index is 734. The lowest BCUT2D eigenvalue weighted by molar-refractivity contribution is -0.138. The van der Waals surface area contributed by atoms with Crippen molar-refractivity contribution >= 4 is 17.8 Å². The number of nitrogens with one attached hydrogen (secondary N) is 1. The quantitative estimate of drug-likeness (QED) is 0.708. The molecule has 1 aliphatic rings. The number of carbonyl (C=O) groups excluding carboxylic acids is 3. The molecule has 0 spiro atoms. The van der Waals surface area contributed by atoms with Gasteiger partial charge in [-0.3, -0.25) is 14.5 Å². The van der Waals surface area contributed by atoms with Gasteiger partial charge in [0, 0.05) is 13.6 Å². The number of amides is 4. The first-order valence-corrected chi connectivity index (χ1v) is 9.33. The predicted octanol–water partition coefficient (Wildman–Crippen LogP) is 2.42. The number of unbranched alkanes of at least 4 members (excludes halogenated alkanes) is 1. The highest BCUT2D eigenvalue weighted by Gasteiger charge is 2.51. The first-order valence-electron chi connectivity index (χ1n) is 9.33. The molecule has 1 atom stereocenters. The second-order valence-corrected chi connectivity index (χ2v) is 6.93. The number of benzene rings is 1. The highest BCUT2D eigenvalue weighted by atomic mass is 16.5. The molecule has 1 aromatic rings. The molecule has 1 N–H and O–H groups in total. The Morgan fingerprint density at radius 2 is 2.00 bits per heavy atom. The van der Waals surface area contributed by atoms with Crippen molar-refractivity contribution in [1.82, 2.24) is 15.1 Å². The number of imide groups is 1. The van der Waals surface area contributed by atoms with E-state index in [1.807, 2.05) is 26.8 Å². The lowest BCUT2D eigenvalue weighted by Gasteiger charge is -2.27. The number of methoxy groups -OCH3 is 1. The number of ether oxygens (including phenoxy) is 1. The summed E-state index contributed by atoms with van der Waals surface area (Å²) in [5.41, 5.74) is 0.408. The van der Waals surface area contributed by atoms with Crippen LogP contribution in [0, 0.1) is 6.92 Å². The zero-order valence-corrected chi connectivity index (χ0v) is 16.8. The van der Waals surface area contributed by atoms with Crippen molar-refractivity contribution in [1.29, 1.82) is 0 Å². The lowest BCUT2D eigenvalue weighted by atomic mass is 9.86. The molecule has 1 fully saturated rings. The summed E-state index contributed by atoms with van der Waals surface area (Å²) in [5, 5.41) is 2.81. The molecule has 27 heavy (non-hydrogen) atoms. The monoisotopic (exact) mass is 375 g/mol. The summed E-state index contributed by atoms with van der Waals surface area (Å²) in [6.45, 7) is 6.13. The van der Waals surface area contributed by atoms with Crippen molar-refractivity contribution in [2.24, 2.45) is 0 Å². The van der Waals surface area contributed by atoms with E-state index in [0.717, 1.165) is 23.3 Å². The topological polar surface area (TPSA) is 79.0 Å². The number of rotatable bonds is 8. The van der Waals surface area contributed by atoms with Crippen LogP contribution in [0.3, 0.4) is 0 Å². The molecular formula is C20H29N3O4. The van der Waals surface area contributed by atoms with Gasteiger partial charge in [-0.2, -0.15) is 0 Å². The molecule has 0 bridgehead atoms. The van der Waals surface area contributed by atoms with Gasteiger partial charge in [0.05, 0.1) is 7.11 Å². The minimum Gasteiger partial charge on any atom is -0.496 e. The lowest BCUT2D eigenvalue weighted by Crippen LogP contribution is -2.45. The zero-order chi connectivity index (χ0) is 20.2. The number of urea groups is 1. The van der Waals surface area contributed by atoms with Crippen molar-refractivity contribution in [3.8, 4) is 5.75 Å². The summed E-state index contributed by atoms with van der Waals surface area (Å²) in [6, 6.07) is 4.88. The maximum Gasteiger partial charge on any atom is 0.325 e. The van der Waals surface area contributed by atoms with E-state index >= 15 is 0 Å². The van der Waals surface area contributed by atoms with Gasteiger partial charge in [-0.25, -0.2) is 4.79 Å². The molecular weight excluding hydrogens is 346 g/mol. The van der Waals surface area contributed by atoms with Crippen LogP contribution >= 0.6 is 0 Å². The normalized spacial score (nSPS) is 19.2. The van der Waals surface area contributed by atoms with Crippen LogP contribution in [0.4, 0.5) is 4.79 Å². The van der Waals surface area contributed by atoms with Crippen molar-refractivity contribution in [2.75, 3.05) is 27.2 Å². The Kier molecular flexibility index (Phi) is 6.46. The first-order chi connectivity index (χ1) is 12.8. The van der Waals surface area contributed by atoms with Gasteiger partial charge in [0.2, 0.25) is 5.91 Å². The molecule has 0 aliphatic carbocycles. The third-order valence-electron chi connectivity index (χ3n) is 5.16. The SMILES string of the molecule is CCCCN(C)C(=O)CN1C(=O)NC(CC)(c2ccc(OC)c(C)c2)C1=O. The van der Waals surface area contributed by atoms with E-state index in [2.05, 4.69) is 5.32 Å². The number of likely N-dealkylation sites (N-methyl/N-ethyl adjacent to an activating group) is 1. The van der Waals surface area contributed by atoms with E-state index < -0.39 is 17.5 Å². The Hall–Kier alpha value is -2.57. The smallest absolute Gasteiger partial charge is 0.325 e. The van der Waals surface area contributed by atoms with Crippen molar-refractivity contribution in [3.63, 3.8) is 0 Å². The predicted molar refractivity (Wildman–Crippen MR) is 102 cm³/mol. The fourth-order valence-electron chi connectivity index (χ4n) is 3.33. The molecule has 4 amide bonds. The number of aryl methyl sites for hydroxylation is 1. The Labute approximate surface area is 160 Å². The van der Waals surface area contributed by atoms with Gasteiger partial charge in [-0.05, 0) is 43.0 Å². The van der Waals surface area contributed by atoms with Crippen LogP contribution in [0.15, 0.2) is 18.2 Å². The minimum atomic E-state index is -1.16. The van der Waals surface area contributed by atoms with E-state index in [9.17, 15) is 14.4 Å². The van der Waals surface area contributed by atoms with Crippen molar-refractivity contribution < 1.29 is 19.1 Å². The summed E-state index contributed by atoms with van der Waals surface area (Å²) < 4.78 is 5.28. The van der Waals surface area contributed by atoms with E-state index in [0.29, 0.717) is 24.3 Å². The second kappa shape index (κ2) is 8.41. The number of hydrogen-bond acceptors (Lipinski definition) is 4. The third-order valence-corrected chi connectivity index (χ3v) is 5.16. The summed E-state index contributed by atoms with van der Waals surface area (Å²) >= 11 is 0. The molecule has 0 saturated carbocycles. The van der Waals surface area contributed by atoms with E-state index in [4.69, 9.17) is 4.74 Å². The van der Waals surface area contributed by atoms with Crippen LogP contribution in [0.2, 0.25) is 0 Å². The summed E-state index contributed by atoms with van der Waals surface area (Å²) in [6.07, 6.45) is 2.24. The van der Waals surface area contributed by atoms with Gasteiger partial charge < -0.3 is 15.0 Å². The van der Waals surface area contributed by atoms with Crippen LogP contribution in [0.25, 0.3) is 0 Å². The average molecular weight is 375 g/mol. The number of carbonyl (C=O) groups is 3. The van der Waals surface area contributed by atoms with Gasteiger partial charge in [-0.15, -0.1) is 0 Å². The maximum absolute atomic E-state index is 13.1. The summed E-state index contributed by atoms with van der Waals surface area (Å²) in [5.74, 6) is 0.0768. The molecule has 7 heteroatoms. The average Bonchev–Trinajstić information content (AvgIpc) is 2.90. The largest absolute Gasteiger partial charge is 0.496 e. The zero-order valence-electron chi connectivity index (χ0n) is 16.8. The van der Waals surface area contributed by atoms with Gasteiger partial charge in [0.25, 0.3) is 5.91 Å². The van der Waals surface area contributed by atoms with E-state index in [1.54, 1.807) is 31.2 Å². The summed E-state index contributed by atoms with van der Waals surface area (Å²) in [4.78, 5) is 40.6. The fourth-order valence-corrected chi connectivity index (χ4v) is 3.33. The standard InChI is InChI=1S/C20H29N3O4/c1-6-8-11-22(4)17(24)13-23-18(25)20(7-2,21-19(23)26)15-9-10-16(27-5)14(3)12-15/h9-10,12H,6-8,11,13H2,1-5H3,(H,21,26). The van der Waals surface area contributed by atoms with Crippen molar-refractivity contribution in [3.05, 3.63) is 29.3 Å². The van der Waals surface area contributed by atoms with Crippen LogP contribution in [-0.2, 0) is 15.1 Å². The van der Waals surface area contributed by atoms with Crippen LogP contribution in [-0.4, -0.2) is 54.9 Å². The molecule has 0 radical (unpaired) electrons. The molecule has 1 unspecified atom stereocenters. The number of nitrogens with zero attached hydrogens (tertiary/aromatic N) is 2. The van der Waals surface area contributed by atoms with Crippen LogP contribution < -0.4 is 10.1 Å². The van der Waals surface area contributed by atoms with Crippen LogP contribution in [0.5, 0.6) is 5.75 Å². The highest BCUT2D eigenvalue weighted by molar-refractivity contribution is 6.09. The van der Waals surface area contributed by atoms with E-state index in [1.165, 1.54) is 0 Å². The minimum absolute atomic E-state index is 0.246. The second-order valence-electron chi connectivity index (χ2n) is 6.93. The highest BCUT2D eigenvalue weighted by Crippen LogP contribution is 2.34. The maximum atomic E-state index is 13.1. The first kappa shape index (κ1) is 20.7. The molecule has 7 nitrogen and oxygen atoms in total. The summed E-state index contributed by atoms with van der Waals surface area (Å²) in [7, 11) is 3.28. The fraction of sp³-hybridized carbons (Fsp3) is 0.550. The third kappa shape index (κ3) is 3.91. The van der Waals surface area contributed by atoms with Gasteiger partial charge >= 0.3 is 6.03 Å². The molecule has 1 aromatic carbocycles. The number of hydrogen-bond donors (Lipinski definition) is 1. The molecule has 0 aromatic heterocycles.